The van der Waals surface area contributed by atoms with E-state index in [4.69, 9.17) is 9.72 Å². The summed E-state index contributed by atoms with van der Waals surface area (Å²) in [6.07, 6.45) is 7.31. The van der Waals surface area contributed by atoms with Crippen molar-refractivity contribution in [2.24, 2.45) is 17.8 Å². The maximum absolute atomic E-state index is 13.7. The van der Waals surface area contributed by atoms with Crippen molar-refractivity contribution in [1.82, 2.24) is 19.8 Å². The third kappa shape index (κ3) is 4.05. The monoisotopic (exact) mass is 452 g/mol. The number of rotatable bonds is 7. The van der Waals surface area contributed by atoms with Crippen LogP contribution in [0.25, 0.3) is 10.9 Å². The Morgan fingerprint density at radius 1 is 1.21 bits per heavy atom. The number of para-hydroxylation sites is 1. The lowest BCUT2D eigenvalue weighted by Gasteiger charge is -2.57. The predicted octanol–water partition coefficient (Wildman–Crippen LogP) is 4.10. The van der Waals surface area contributed by atoms with Crippen LogP contribution in [0.15, 0.2) is 29.1 Å². The molecule has 2 aromatic rings. The molecular weight excluding hydrogens is 416 g/mol. The SMILES string of the molecule is CCn1c(C(C)N(CCOC)C(=O)NC23CC4CC(CC(C4)C2)C3)nc2ccccc2c1=O. The molecule has 0 spiro atoms. The summed E-state index contributed by atoms with van der Waals surface area (Å²) in [5, 5.41) is 4.10. The Kier molecular flexibility index (Phi) is 5.93. The van der Waals surface area contributed by atoms with Crippen molar-refractivity contribution in [2.75, 3.05) is 20.3 Å². The molecule has 4 aliphatic carbocycles. The minimum Gasteiger partial charge on any atom is -0.383 e. The molecule has 0 radical (unpaired) electrons. The summed E-state index contributed by atoms with van der Waals surface area (Å²) in [5.74, 6) is 2.90. The minimum atomic E-state index is -0.355. The first-order valence-electron chi connectivity index (χ1n) is 12.5. The number of urea groups is 1. The molecule has 178 valence electrons. The van der Waals surface area contributed by atoms with Crippen LogP contribution < -0.4 is 10.9 Å². The molecule has 7 nitrogen and oxygen atoms in total. The van der Waals surface area contributed by atoms with E-state index in [1.807, 2.05) is 43.0 Å². The molecule has 4 fully saturated rings. The average molecular weight is 453 g/mol. The molecule has 4 bridgehead atoms. The van der Waals surface area contributed by atoms with Crippen molar-refractivity contribution < 1.29 is 9.53 Å². The first-order valence-corrected chi connectivity index (χ1v) is 12.5. The highest BCUT2D eigenvalue weighted by Crippen LogP contribution is 2.55. The summed E-state index contributed by atoms with van der Waals surface area (Å²) in [5.41, 5.74) is 0.540. The Morgan fingerprint density at radius 2 is 1.85 bits per heavy atom. The molecule has 0 aliphatic heterocycles. The van der Waals surface area contributed by atoms with Crippen molar-refractivity contribution in [1.29, 1.82) is 0 Å². The highest BCUT2D eigenvalue weighted by Gasteiger charge is 2.52. The zero-order chi connectivity index (χ0) is 23.2. The average Bonchev–Trinajstić information content (AvgIpc) is 2.78. The molecular formula is C26H36N4O3. The quantitative estimate of drug-likeness (QED) is 0.686. The van der Waals surface area contributed by atoms with Gasteiger partial charge in [-0.1, -0.05) is 12.1 Å². The molecule has 6 rings (SSSR count). The van der Waals surface area contributed by atoms with Crippen LogP contribution in [0.3, 0.4) is 0 Å². The summed E-state index contributed by atoms with van der Waals surface area (Å²) in [6, 6.07) is 7.01. The molecule has 1 aromatic heterocycles. The molecule has 1 unspecified atom stereocenters. The van der Waals surface area contributed by atoms with Crippen molar-refractivity contribution >= 4 is 16.9 Å². The van der Waals surface area contributed by atoms with E-state index in [1.54, 1.807) is 11.7 Å². The van der Waals surface area contributed by atoms with Gasteiger partial charge in [-0.05, 0) is 82.3 Å². The number of ether oxygens (including phenoxy) is 1. The number of aromatic nitrogens is 2. The summed E-state index contributed by atoms with van der Waals surface area (Å²) in [6.45, 7) is 5.30. The molecule has 4 saturated carbocycles. The first-order chi connectivity index (χ1) is 15.9. The lowest BCUT2D eigenvalue weighted by Crippen LogP contribution is -2.62. The lowest BCUT2D eigenvalue weighted by atomic mass is 9.53. The van der Waals surface area contributed by atoms with E-state index in [1.165, 1.54) is 19.3 Å². The van der Waals surface area contributed by atoms with E-state index >= 15 is 0 Å². The van der Waals surface area contributed by atoms with Crippen LogP contribution >= 0.6 is 0 Å². The third-order valence-electron chi connectivity index (χ3n) is 8.26. The van der Waals surface area contributed by atoms with Crippen LogP contribution in [-0.2, 0) is 11.3 Å². The molecule has 1 atom stereocenters. The van der Waals surface area contributed by atoms with Gasteiger partial charge in [0.1, 0.15) is 5.82 Å². The Hall–Kier alpha value is -2.41. The second-order valence-corrected chi connectivity index (χ2v) is 10.5. The molecule has 0 saturated heterocycles. The molecule has 4 aliphatic rings. The molecule has 1 aromatic carbocycles. The topological polar surface area (TPSA) is 76.5 Å². The van der Waals surface area contributed by atoms with Crippen LogP contribution in [0.2, 0.25) is 0 Å². The van der Waals surface area contributed by atoms with Crippen LogP contribution in [0.1, 0.15) is 64.2 Å². The second kappa shape index (κ2) is 8.75. The van der Waals surface area contributed by atoms with E-state index in [-0.39, 0.29) is 23.2 Å². The number of nitrogens with one attached hydrogen (secondary N) is 1. The van der Waals surface area contributed by atoms with Gasteiger partial charge in [0.25, 0.3) is 5.56 Å². The Bertz CT molecular complexity index is 1060. The van der Waals surface area contributed by atoms with Gasteiger partial charge in [-0.25, -0.2) is 9.78 Å². The number of methoxy groups -OCH3 is 1. The number of hydrogen-bond acceptors (Lipinski definition) is 4. The van der Waals surface area contributed by atoms with Gasteiger partial charge in [-0.3, -0.25) is 9.36 Å². The summed E-state index contributed by atoms with van der Waals surface area (Å²) >= 11 is 0. The number of carbonyl (C=O) groups excluding carboxylic acids is 1. The highest BCUT2D eigenvalue weighted by atomic mass is 16.5. The van der Waals surface area contributed by atoms with Crippen LogP contribution in [-0.4, -0.2) is 46.3 Å². The van der Waals surface area contributed by atoms with Crippen LogP contribution in [0.4, 0.5) is 4.79 Å². The van der Waals surface area contributed by atoms with Crippen LogP contribution in [0, 0.1) is 17.8 Å². The predicted molar refractivity (Wildman–Crippen MR) is 128 cm³/mol. The molecule has 7 heteroatoms. The fourth-order valence-corrected chi connectivity index (χ4v) is 7.17. The maximum atomic E-state index is 13.7. The maximum Gasteiger partial charge on any atom is 0.318 e. The second-order valence-electron chi connectivity index (χ2n) is 10.5. The Balaban J connectivity index is 1.45. The molecule has 1 heterocycles. The van der Waals surface area contributed by atoms with Crippen molar-refractivity contribution in [2.45, 2.75) is 70.5 Å². The minimum absolute atomic E-state index is 0.0573. The van der Waals surface area contributed by atoms with Gasteiger partial charge in [0.2, 0.25) is 0 Å². The van der Waals surface area contributed by atoms with E-state index in [2.05, 4.69) is 5.32 Å². The van der Waals surface area contributed by atoms with Crippen molar-refractivity contribution in [3.63, 3.8) is 0 Å². The van der Waals surface area contributed by atoms with E-state index in [0.29, 0.717) is 36.4 Å². The Labute approximate surface area is 195 Å². The smallest absolute Gasteiger partial charge is 0.318 e. The first kappa shape index (κ1) is 22.4. The zero-order valence-electron chi connectivity index (χ0n) is 20.0. The van der Waals surface area contributed by atoms with Gasteiger partial charge in [0.15, 0.2) is 0 Å². The van der Waals surface area contributed by atoms with Crippen molar-refractivity contribution in [3.8, 4) is 0 Å². The van der Waals surface area contributed by atoms with Gasteiger partial charge < -0.3 is 15.0 Å². The largest absolute Gasteiger partial charge is 0.383 e. The van der Waals surface area contributed by atoms with Gasteiger partial charge in [0.05, 0.1) is 23.6 Å². The van der Waals surface area contributed by atoms with Crippen molar-refractivity contribution in [3.05, 3.63) is 40.4 Å². The Morgan fingerprint density at radius 3 is 2.45 bits per heavy atom. The molecule has 33 heavy (non-hydrogen) atoms. The van der Waals surface area contributed by atoms with Crippen LogP contribution in [0.5, 0.6) is 0 Å². The fourth-order valence-electron chi connectivity index (χ4n) is 7.17. The number of benzene rings is 1. The summed E-state index contributed by atoms with van der Waals surface area (Å²) in [7, 11) is 1.65. The standard InChI is InChI=1S/C26H36N4O3/c1-4-29-23(27-22-8-6-5-7-21(22)24(29)31)17(2)30(9-10-33-3)25(32)28-26-14-18-11-19(15-26)13-20(12-18)16-26/h5-8,17-20H,4,9-16H2,1-3H3,(H,28,32). The molecule has 2 amide bonds. The van der Waals surface area contributed by atoms with Gasteiger partial charge in [-0.2, -0.15) is 0 Å². The van der Waals surface area contributed by atoms with Gasteiger partial charge >= 0.3 is 6.03 Å². The third-order valence-corrected chi connectivity index (χ3v) is 8.26. The lowest BCUT2D eigenvalue weighted by molar-refractivity contribution is -0.0168. The number of carbonyl (C=O) groups is 1. The highest BCUT2D eigenvalue weighted by molar-refractivity contribution is 5.78. The normalized spacial score (nSPS) is 28.8. The summed E-state index contributed by atoms with van der Waals surface area (Å²) < 4.78 is 7.04. The van der Waals surface area contributed by atoms with E-state index in [0.717, 1.165) is 37.0 Å². The number of amides is 2. The summed E-state index contributed by atoms with van der Waals surface area (Å²) in [4.78, 5) is 33.6. The van der Waals surface area contributed by atoms with Gasteiger partial charge in [-0.15, -0.1) is 0 Å². The fraction of sp³-hybridized carbons (Fsp3) is 0.654. The number of hydrogen-bond donors (Lipinski definition) is 1. The zero-order valence-corrected chi connectivity index (χ0v) is 20.0. The number of fused-ring (bicyclic) bond motifs is 1. The van der Waals surface area contributed by atoms with E-state index in [9.17, 15) is 9.59 Å². The van der Waals surface area contributed by atoms with E-state index < -0.39 is 0 Å². The molecule has 1 N–H and O–H groups in total. The van der Waals surface area contributed by atoms with Gasteiger partial charge in [0, 0.05) is 25.7 Å². The number of nitrogens with zero attached hydrogens (tertiary/aromatic N) is 3.